The molecule has 0 saturated carbocycles. The van der Waals surface area contributed by atoms with Crippen molar-refractivity contribution in [3.8, 4) is 11.1 Å². The van der Waals surface area contributed by atoms with E-state index in [0.717, 1.165) is 38.9 Å². The van der Waals surface area contributed by atoms with Gasteiger partial charge in [0.15, 0.2) is 11.4 Å². The standard InChI is InChI=1S/C36H28O3/c1-26(38)36(39-25-37,34-32-23-13-11-21-30(32)31-22-12-14-24-33(31)34)35(27-15-5-2-6-16-27,28-17-7-3-8-18-28)29-19-9-4-10-20-29/h2-25,34H,1H3. The molecule has 0 fully saturated rings. The Kier molecular flexibility index (Phi) is 6.20. The first-order valence-corrected chi connectivity index (χ1v) is 13.1. The molecule has 0 bridgehead atoms. The smallest absolute Gasteiger partial charge is 0.294 e. The Bertz CT molecular complexity index is 1480. The van der Waals surface area contributed by atoms with Gasteiger partial charge in [-0.1, -0.05) is 140 Å². The summed E-state index contributed by atoms with van der Waals surface area (Å²) in [6.45, 7) is 2.01. The summed E-state index contributed by atoms with van der Waals surface area (Å²) < 4.78 is 6.39. The van der Waals surface area contributed by atoms with Crippen LogP contribution in [0.15, 0.2) is 140 Å². The van der Waals surface area contributed by atoms with Crippen LogP contribution in [0, 0.1) is 0 Å². The number of hydrogen-bond donors (Lipinski definition) is 0. The fraction of sp³-hybridized carbons (Fsp3) is 0.111. The van der Waals surface area contributed by atoms with Crippen LogP contribution in [-0.4, -0.2) is 17.9 Å². The van der Waals surface area contributed by atoms with E-state index in [1.54, 1.807) is 6.92 Å². The highest BCUT2D eigenvalue weighted by molar-refractivity contribution is 5.95. The molecule has 0 aliphatic heterocycles. The van der Waals surface area contributed by atoms with E-state index in [1.807, 2.05) is 115 Å². The van der Waals surface area contributed by atoms with Gasteiger partial charge in [0.05, 0.1) is 11.3 Å². The zero-order chi connectivity index (χ0) is 26.9. The molecule has 6 rings (SSSR count). The first kappa shape index (κ1) is 24.6. The molecular formula is C36H28O3. The van der Waals surface area contributed by atoms with Crippen LogP contribution in [0.25, 0.3) is 11.1 Å². The molecule has 0 aromatic heterocycles. The molecule has 0 N–H and O–H groups in total. The number of ketones is 1. The number of ether oxygens (including phenoxy) is 1. The quantitative estimate of drug-likeness (QED) is 0.163. The molecule has 5 aromatic rings. The minimum absolute atomic E-state index is 0.234. The number of Topliss-reactive ketones (excluding diaryl/α,β-unsaturated/α-hetero) is 1. The fourth-order valence-electron chi connectivity index (χ4n) is 6.80. The minimum atomic E-state index is -1.67. The Morgan fingerprint density at radius 3 is 1.31 bits per heavy atom. The molecule has 1 aliphatic carbocycles. The minimum Gasteiger partial charge on any atom is -0.451 e. The molecular weight excluding hydrogens is 480 g/mol. The molecule has 1 aliphatic rings. The number of benzene rings is 5. The van der Waals surface area contributed by atoms with Gasteiger partial charge in [-0.15, -0.1) is 0 Å². The summed E-state index contributed by atoms with van der Waals surface area (Å²) in [6, 6.07) is 46.1. The Balaban J connectivity index is 1.85. The van der Waals surface area contributed by atoms with Crippen molar-refractivity contribution in [3.63, 3.8) is 0 Å². The van der Waals surface area contributed by atoms with Crippen LogP contribution in [0.3, 0.4) is 0 Å². The zero-order valence-corrected chi connectivity index (χ0v) is 21.7. The Labute approximate surface area is 228 Å². The summed E-state index contributed by atoms with van der Waals surface area (Å²) in [7, 11) is 0. The van der Waals surface area contributed by atoms with Crippen molar-refractivity contribution >= 4 is 12.3 Å². The third kappa shape index (κ3) is 3.50. The first-order valence-electron chi connectivity index (χ1n) is 13.1. The Morgan fingerprint density at radius 1 is 0.590 bits per heavy atom. The SMILES string of the molecule is CC(=O)C(OC=O)(C1c2ccccc2-c2ccccc21)C(c1ccccc1)(c1ccccc1)c1ccccc1. The molecule has 0 radical (unpaired) electrons. The third-order valence-electron chi connectivity index (χ3n) is 8.17. The average molecular weight is 509 g/mol. The van der Waals surface area contributed by atoms with Gasteiger partial charge in [-0.3, -0.25) is 9.59 Å². The van der Waals surface area contributed by atoms with Gasteiger partial charge in [0.25, 0.3) is 6.47 Å². The maximum absolute atomic E-state index is 14.5. The second-order valence-electron chi connectivity index (χ2n) is 9.96. The summed E-state index contributed by atoms with van der Waals surface area (Å²) in [4.78, 5) is 27.2. The molecule has 1 unspecified atom stereocenters. The van der Waals surface area contributed by atoms with Gasteiger partial charge in [-0.25, -0.2) is 0 Å². The maximum atomic E-state index is 14.5. The molecule has 190 valence electrons. The molecule has 39 heavy (non-hydrogen) atoms. The average Bonchev–Trinajstić information content (AvgIpc) is 3.33. The van der Waals surface area contributed by atoms with E-state index in [1.165, 1.54) is 0 Å². The van der Waals surface area contributed by atoms with Crippen LogP contribution >= 0.6 is 0 Å². The van der Waals surface area contributed by atoms with Crippen LogP contribution in [-0.2, 0) is 19.7 Å². The van der Waals surface area contributed by atoms with Crippen LogP contribution in [0.5, 0.6) is 0 Å². The molecule has 0 amide bonds. The van der Waals surface area contributed by atoms with Gasteiger partial charge in [0, 0.05) is 0 Å². The van der Waals surface area contributed by atoms with Crippen molar-refractivity contribution < 1.29 is 14.3 Å². The molecule has 3 heteroatoms. The van der Waals surface area contributed by atoms with Crippen LogP contribution in [0.2, 0.25) is 0 Å². The second-order valence-corrected chi connectivity index (χ2v) is 9.96. The van der Waals surface area contributed by atoms with Crippen molar-refractivity contribution in [2.45, 2.75) is 23.9 Å². The van der Waals surface area contributed by atoms with Crippen molar-refractivity contribution in [1.29, 1.82) is 0 Å². The van der Waals surface area contributed by atoms with Crippen LogP contribution in [0.4, 0.5) is 0 Å². The van der Waals surface area contributed by atoms with Crippen molar-refractivity contribution in [2.75, 3.05) is 0 Å². The predicted molar refractivity (Wildman–Crippen MR) is 153 cm³/mol. The Morgan fingerprint density at radius 2 is 0.949 bits per heavy atom. The molecule has 0 saturated heterocycles. The lowest BCUT2D eigenvalue weighted by Gasteiger charge is -2.52. The summed E-state index contributed by atoms with van der Waals surface area (Å²) in [5.41, 5.74) is 3.75. The lowest BCUT2D eigenvalue weighted by Crippen LogP contribution is -2.62. The van der Waals surface area contributed by atoms with E-state index in [0.29, 0.717) is 6.47 Å². The van der Waals surface area contributed by atoms with Crippen molar-refractivity contribution in [1.82, 2.24) is 0 Å². The molecule has 5 aromatic carbocycles. The van der Waals surface area contributed by atoms with E-state index in [4.69, 9.17) is 4.74 Å². The van der Waals surface area contributed by atoms with E-state index in [-0.39, 0.29) is 5.78 Å². The molecule has 0 heterocycles. The number of rotatable bonds is 8. The Hall–Kier alpha value is -4.76. The van der Waals surface area contributed by atoms with Crippen molar-refractivity contribution in [3.05, 3.63) is 167 Å². The van der Waals surface area contributed by atoms with Gasteiger partial charge < -0.3 is 4.74 Å². The first-order chi connectivity index (χ1) is 19.2. The lowest BCUT2D eigenvalue weighted by atomic mass is 9.53. The third-order valence-corrected chi connectivity index (χ3v) is 8.17. The number of fused-ring (bicyclic) bond motifs is 3. The molecule has 1 atom stereocenters. The van der Waals surface area contributed by atoms with Crippen LogP contribution < -0.4 is 0 Å². The van der Waals surface area contributed by atoms with E-state index in [2.05, 4.69) is 24.3 Å². The van der Waals surface area contributed by atoms with E-state index < -0.39 is 16.9 Å². The highest BCUT2D eigenvalue weighted by atomic mass is 16.5. The highest BCUT2D eigenvalue weighted by Crippen LogP contribution is 2.60. The summed E-state index contributed by atoms with van der Waals surface area (Å²) in [5.74, 6) is -0.795. The van der Waals surface area contributed by atoms with Gasteiger partial charge in [-0.05, 0) is 45.9 Å². The van der Waals surface area contributed by atoms with Gasteiger partial charge in [0.2, 0.25) is 0 Å². The predicted octanol–water partition coefficient (Wildman–Crippen LogP) is 7.33. The topological polar surface area (TPSA) is 43.4 Å². The summed E-state index contributed by atoms with van der Waals surface area (Å²) in [6.07, 6.45) is 0. The van der Waals surface area contributed by atoms with Gasteiger partial charge in [-0.2, -0.15) is 0 Å². The van der Waals surface area contributed by atoms with E-state index >= 15 is 0 Å². The monoisotopic (exact) mass is 508 g/mol. The lowest BCUT2D eigenvalue weighted by molar-refractivity contribution is -0.163. The van der Waals surface area contributed by atoms with E-state index in [9.17, 15) is 9.59 Å². The summed E-state index contributed by atoms with van der Waals surface area (Å²) >= 11 is 0. The molecule has 0 spiro atoms. The fourth-order valence-corrected chi connectivity index (χ4v) is 6.80. The number of carbonyl (C=O) groups is 2. The molecule has 3 nitrogen and oxygen atoms in total. The second kappa shape index (κ2) is 9.85. The van der Waals surface area contributed by atoms with Crippen molar-refractivity contribution in [2.24, 2.45) is 0 Å². The number of carbonyl (C=O) groups excluding carboxylic acids is 2. The maximum Gasteiger partial charge on any atom is 0.294 e. The zero-order valence-electron chi connectivity index (χ0n) is 21.7. The summed E-state index contributed by atoms with van der Waals surface area (Å²) in [5, 5.41) is 0. The van der Waals surface area contributed by atoms with Gasteiger partial charge in [0.1, 0.15) is 0 Å². The normalized spacial score (nSPS) is 14.1. The highest BCUT2D eigenvalue weighted by Gasteiger charge is 2.65. The van der Waals surface area contributed by atoms with Crippen LogP contribution in [0.1, 0.15) is 40.7 Å². The van der Waals surface area contributed by atoms with Gasteiger partial charge >= 0.3 is 0 Å². The largest absolute Gasteiger partial charge is 0.451 e. The number of hydrogen-bond acceptors (Lipinski definition) is 3.